The van der Waals surface area contributed by atoms with Gasteiger partial charge in [0.1, 0.15) is 12.3 Å². The van der Waals surface area contributed by atoms with Gasteiger partial charge in [-0.25, -0.2) is 0 Å². The first kappa shape index (κ1) is 13.9. The van der Waals surface area contributed by atoms with Gasteiger partial charge >= 0.3 is 0 Å². The molecule has 0 radical (unpaired) electrons. The largest absolute Gasteiger partial charge is 0.506 e. The number of nitrogens with zero attached hydrogens (tertiary/aromatic N) is 1. The van der Waals surface area contributed by atoms with E-state index in [2.05, 4.69) is 5.32 Å². The molecule has 0 atom stereocenters. The fourth-order valence-electron chi connectivity index (χ4n) is 2.05. The van der Waals surface area contributed by atoms with Gasteiger partial charge in [0.25, 0.3) is 0 Å². The van der Waals surface area contributed by atoms with Crippen LogP contribution in [0.1, 0.15) is 11.4 Å². The summed E-state index contributed by atoms with van der Waals surface area (Å²) in [5.74, 6) is -0.240. The summed E-state index contributed by atoms with van der Waals surface area (Å²) < 4.78 is 1.75. The van der Waals surface area contributed by atoms with Gasteiger partial charge in [0.05, 0.1) is 5.69 Å². The number of carbonyl (C=O) groups is 1. The van der Waals surface area contributed by atoms with E-state index in [9.17, 15) is 14.7 Å². The standard InChI is InChI=1S/C15H16N2O3/c1-10-7-12(18)8-11(2)17(10)9-15(20)16-13-5-3-4-6-14(13)19/h3-8,19H,9H2,1-2H3,(H,16,20). The summed E-state index contributed by atoms with van der Waals surface area (Å²) in [5.41, 5.74) is 1.75. The SMILES string of the molecule is Cc1cc(=O)cc(C)n1CC(=O)Nc1ccccc1O. The van der Waals surface area contributed by atoms with Gasteiger partial charge in [-0.3, -0.25) is 9.59 Å². The van der Waals surface area contributed by atoms with Crippen molar-refractivity contribution in [1.82, 2.24) is 4.57 Å². The molecule has 104 valence electrons. The van der Waals surface area contributed by atoms with Crippen molar-refractivity contribution in [2.45, 2.75) is 20.4 Å². The maximum atomic E-state index is 12.0. The van der Waals surface area contributed by atoms with Crippen LogP contribution < -0.4 is 10.7 Å². The van der Waals surface area contributed by atoms with E-state index >= 15 is 0 Å². The number of aromatic nitrogens is 1. The van der Waals surface area contributed by atoms with Crippen molar-refractivity contribution >= 4 is 11.6 Å². The molecular formula is C15H16N2O3. The first-order valence-corrected chi connectivity index (χ1v) is 6.23. The summed E-state index contributed by atoms with van der Waals surface area (Å²) in [4.78, 5) is 23.3. The van der Waals surface area contributed by atoms with Crippen LogP contribution in [-0.2, 0) is 11.3 Å². The average Bonchev–Trinajstić information content (AvgIpc) is 2.36. The minimum absolute atomic E-state index is 0.0224. The van der Waals surface area contributed by atoms with Gasteiger partial charge in [0.2, 0.25) is 5.91 Å². The van der Waals surface area contributed by atoms with Gasteiger partial charge in [0.15, 0.2) is 5.43 Å². The van der Waals surface area contributed by atoms with Crippen molar-refractivity contribution in [2.75, 3.05) is 5.32 Å². The van der Waals surface area contributed by atoms with E-state index in [1.807, 2.05) is 0 Å². The van der Waals surface area contributed by atoms with E-state index < -0.39 is 0 Å². The van der Waals surface area contributed by atoms with Crippen molar-refractivity contribution in [3.63, 3.8) is 0 Å². The highest BCUT2D eigenvalue weighted by molar-refractivity contribution is 5.92. The molecule has 0 fully saturated rings. The first-order valence-electron chi connectivity index (χ1n) is 6.23. The highest BCUT2D eigenvalue weighted by Gasteiger charge is 2.09. The number of aromatic hydroxyl groups is 1. The molecule has 2 aromatic rings. The number of anilines is 1. The minimum atomic E-state index is -0.263. The number of carbonyl (C=O) groups excluding carboxylic acids is 1. The number of nitrogens with one attached hydrogen (secondary N) is 1. The topological polar surface area (TPSA) is 71.3 Å². The Morgan fingerprint density at radius 3 is 2.40 bits per heavy atom. The molecule has 0 aliphatic carbocycles. The lowest BCUT2D eigenvalue weighted by Gasteiger charge is -2.14. The van der Waals surface area contributed by atoms with Crippen LogP contribution in [0.25, 0.3) is 0 Å². The molecule has 1 aromatic heterocycles. The van der Waals surface area contributed by atoms with Gasteiger partial charge in [0, 0.05) is 23.5 Å². The molecule has 1 heterocycles. The summed E-state index contributed by atoms with van der Waals surface area (Å²) in [6, 6.07) is 9.51. The smallest absolute Gasteiger partial charge is 0.244 e. The number of benzene rings is 1. The third-order valence-electron chi connectivity index (χ3n) is 3.03. The molecule has 2 N–H and O–H groups in total. The van der Waals surface area contributed by atoms with Crippen LogP contribution in [0, 0.1) is 13.8 Å². The number of hydrogen-bond acceptors (Lipinski definition) is 3. The maximum Gasteiger partial charge on any atom is 0.244 e. The molecule has 1 amide bonds. The van der Waals surface area contributed by atoms with Gasteiger partial charge in [-0.2, -0.15) is 0 Å². The summed E-state index contributed by atoms with van der Waals surface area (Å²) in [6.07, 6.45) is 0. The Morgan fingerprint density at radius 2 is 1.80 bits per heavy atom. The van der Waals surface area contributed by atoms with E-state index in [0.717, 1.165) is 11.4 Å². The second kappa shape index (κ2) is 5.61. The zero-order valence-corrected chi connectivity index (χ0v) is 11.4. The third kappa shape index (κ3) is 3.06. The number of amides is 1. The van der Waals surface area contributed by atoms with Crippen LogP contribution in [0.5, 0.6) is 5.75 Å². The quantitative estimate of drug-likeness (QED) is 0.837. The molecule has 0 saturated carbocycles. The molecule has 0 aliphatic rings. The first-order chi connectivity index (χ1) is 9.47. The highest BCUT2D eigenvalue weighted by atomic mass is 16.3. The summed E-state index contributed by atoms with van der Waals surface area (Å²) in [7, 11) is 0. The van der Waals surface area contributed by atoms with E-state index in [4.69, 9.17) is 0 Å². The summed E-state index contributed by atoms with van der Waals surface area (Å²) in [6.45, 7) is 3.65. The lowest BCUT2D eigenvalue weighted by molar-refractivity contribution is -0.116. The number of hydrogen-bond donors (Lipinski definition) is 2. The monoisotopic (exact) mass is 272 g/mol. The Kier molecular flexibility index (Phi) is 3.89. The normalized spacial score (nSPS) is 10.3. The van der Waals surface area contributed by atoms with E-state index in [-0.39, 0.29) is 23.6 Å². The molecule has 0 saturated heterocycles. The third-order valence-corrected chi connectivity index (χ3v) is 3.03. The van der Waals surface area contributed by atoms with E-state index in [0.29, 0.717) is 5.69 Å². The molecule has 0 bridgehead atoms. The van der Waals surface area contributed by atoms with Gasteiger partial charge in [-0.15, -0.1) is 0 Å². The highest BCUT2D eigenvalue weighted by Crippen LogP contribution is 2.21. The van der Waals surface area contributed by atoms with Crippen LogP contribution in [0.4, 0.5) is 5.69 Å². The molecule has 1 aromatic carbocycles. The average molecular weight is 272 g/mol. The minimum Gasteiger partial charge on any atom is -0.506 e. The van der Waals surface area contributed by atoms with Crippen molar-refractivity contribution in [1.29, 1.82) is 0 Å². The van der Waals surface area contributed by atoms with Gasteiger partial charge < -0.3 is 15.0 Å². The van der Waals surface area contributed by atoms with Crippen molar-refractivity contribution in [3.8, 4) is 5.75 Å². The fraction of sp³-hybridized carbons (Fsp3) is 0.200. The van der Waals surface area contributed by atoms with Gasteiger partial charge in [-0.1, -0.05) is 12.1 Å². The Bertz CT molecular complexity index is 678. The Labute approximate surface area is 116 Å². The molecule has 5 heteroatoms. The molecular weight excluding hydrogens is 256 g/mol. The zero-order chi connectivity index (χ0) is 14.7. The number of pyridine rings is 1. The van der Waals surface area contributed by atoms with Crippen LogP contribution in [0.3, 0.4) is 0 Å². The second-order valence-corrected chi connectivity index (χ2v) is 4.63. The maximum absolute atomic E-state index is 12.0. The molecule has 20 heavy (non-hydrogen) atoms. The van der Waals surface area contributed by atoms with Crippen LogP contribution in [0.2, 0.25) is 0 Å². The predicted octanol–water partition coefficient (Wildman–Crippen LogP) is 1.81. The molecule has 0 aliphatic heterocycles. The molecule has 0 unspecified atom stereocenters. The van der Waals surface area contributed by atoms with Crippen molar-refractivity contribution in [3.05, 3.63) is 58.0 Å². The molecule has 2 rings (SSSR count). The van der Waals surface area contributed by atoms with Crippen LogP contribution in [-0.4, -0.2) is 15.6 Å². The molecule has 5 nitrogen and oxygen atoms in total. The van der Waals surface area contributed by atoms with E-state index in [1.165, 1.54) is 18.2 Å². The van der Waals surface area contributed by atoms with Gasteiger partial charge in [-0.05, 0) is 26.0 Å². The van der Waals surface area contributed by atoms with Crippen LogP contribution >= 0.6 is 0 Å². The summed E-state index contributed by atoms with van der Waals surface area (Å²) in [5, 5.41) is 12.2. The van der Waals surface area contributed by atoms with Crippen LogP contribution in [0.15, 0.2) is 41.2 Å². The number of rotatable bonds is 3. The summed E-state index contributed by atoms with van der Waals surface area (Å²) >= 11 is 0. The Hall–Kier alpha value is -2.56. The Balaban J connectivity index is 2.17. The lowest BCUT2D eigenvalue weighted by Crippen LogP contribution is -2.23. The van der Waals surface area contributed by atoms with E-state index in [1.54, 1.807) is 36.6 Å². The van der Waals surface area contributed by atoms with Crippen molar-refractivity contribution < 1.29 is 9.90 Å². The number of aryl methyl sites for hydroxylation is 2. The number of phenolic OH excluding ortho intramolecular Hbond substituents is 1. The fourth-order valence-corrected chi connectivity index (χ4v) is 2.05. The zero-order valence-electron chi connectivity index (χ0n) is 11.4. The lowest BCUT2D eigenvalue weighted by atomic mass is 10.2. The molecule has 0 spiro atoms. The second-order valence-electron chi connectivity index (χ2n) is 4.63. The number of phenols is 1. The number of para-hydroxylation sites is 2. The van der Waals surface area contributed by atoms with Crippen molar-refractivity contribution in [2.24, 2.45) is 0 Å². The Morgan fingerprint density at radius 1 is 1.20 bits per heavy atom. The predicted molar refractivity (Wildman–Crippen MR) is 76.9 cm³/mol.